The van der Waals surface area contributed by atoms with E-state index in [-0.39, 0.29) is 5.91 Å². The zero-order chi connectivity index (χ0) is 16.6. The van der Waals surface area contributed by atoms with Crippen LogP contribution in [0.15, 0.2) is 34.7 Å². The number of carbonyl (C=O) groups excluding carboxylic acids is 1. The molecular formula is C18H21ClN2O2. The Morgan fingerprint density at radius 1 is 1.22 bits per heavy atom. The van der Waals surface area contributed by atoms with Gasteiger partial charge in [-0.3, -0.25) is 4.79 Å². The minimum Gasteiger partial charge on any atom is -0.451 e. The van der Waals surface area contributed by atoms with Gasteiger partial charge in [0.1, 0.15) is 5.76 Å². The summed E-state index contributed by atoms with van der Waals surface area (Å²) in [5, 5.41) is 0.549. The molecule has 1 saturated heterocycles. The van der Waals surface area contributed by atoms with Gasteiger partial charge >= 0.3 is 0 Å². The number of halogens is 1. The maximum atomic E-state index is 12.7. The molecule has 0 spiro atoms. The van der Waals surface area contributed by atoms with E-state index >= 15 is 0 Å². The Hall–Kier alpha value is -1.94. The highest BCUT2D eigenvalue weighted by Crippen LogP contribution is 2.32. The molecule has 1 aromatic carbocycles. The van der Waals surface area contributed by atoms with Crippen LogP contribution < -0.4 is 5.73 Å². The molecule has 1 amide bonds. The number of benzene rings is 1. The normalized spacial score (nSPS) is 21.4. The van der Waals surface area contributed by atoms with Crippen molar-refractivity contribution in [3.8, 4) is 11.3 Å². The van der Waals surface area contributed by atoms with Crippen LogP contribution in [0.3, 0.4) is 0 Å². The van der Waals surface area contributed by atoms with Crippen molar-refractivity contribution in [1.29, 1.82) is 0 Å². The second-order valence-electron chi connectivity index (χ2n) is 6.56. The van der Waals surface area contributed by atoms with Crippen molar-refractivity contribution in [2.75, 3.05) is 18.8 Å². The molecule has 3 rings (SSSR count). The first kappa shape index (κ1) is 15.9. The van der Waals surface area contributed by atoms with Gasteiger partial charge in [0.15, 0.2) is 5.76 Å². The molecule has 0 aliphatic carbocycles. The second kappa shape index (κ2) is 6.28. The predicted molar refractivity (Wildman–Crippen MR) is 92.4 cm³/mol. The van der Waals surface area contributed by atoms with E-state index in [0.717, 1.165) is 19.5 Å². The number of nitrogen functional groups attached to an aromatic ring is 1. The lowest BCUT2D eigenvalue weighted by Gasteiger charge is -2.34. The fourth-order valence-electron chi connectivity index (χ4n) is 3.31. The van der Waals surface area contributed by atoms with Crippen molar-refractivity contribution in [1.82, 2.24) is 4.90 Å². The first-order valence-electron chi connectivity index (χ1n) is 7.88. The van der Waals surface area contributed by atoms with E-state index in [1.165, 1.54) is 0 Å². The number of nitrogens with zero attached hydrogens (tertiary/aromatic N) is 1. The lowest BCUT2D eigenvalue weighted by atomic mass is 9.92. The quantitative estimate of drug-likeness (QED) is 0.834. The van der Waals surface area contributed by atoms with Gasteiger partial charge < -0.3 is 15.1 Å². The summed E-state index contributed by atoms with van der Waals surface area (Å²) in [6, 6.07) is 8.69. The van der Waals surface area contributed by atoms with Gasteiger partial charge in [0.05, 0.1) is 5.02 Å². The topological polar surface area (TPSA) is 59.5 Å². The Kier molecular flexibility index (Phi) is 4.35. The lowest BCUT2D eigenvalue weighted by Crippen LogP contribution is -2.42. The van der Waals surface area contributed by atoms with Crippen molar-refractivity contribution in [3.63, 3.8) is 0 Å². The number of furan rings is 1. The number of hydrogen-bond donors (Lipinski definition) is 1. The predicted octanol–water partition coefficient (Wildman–Crippen LogP) is 4.30. The summed E-state index contributed by atoms with van der Waals surface area (Å²) in [6.45, 7) is 5.91. The van der Waals surface area contributed by atoms with Gasteiger partial charge in [0.2, 0.25) is 0 Å². The van der Waals surface area contributed by atoms with Gasteiger partial charge in [-0.15, -0.1) is 0 Å². The fraction of sp³-hybridized carbons (Fsp3) is 0.389. The van der Waals surface area contributed by atoms with E-state index in [4.69, 9.17) is 21.8 Å². The molecule has 122 valence electrons. The third-order valence-corrected chi connectivity index (χ3v) is 4.56. The van der Waals surface area contributed by atoms with E-state index < -0.39 is 0 Å². The number of hydrogen-bond acceptors (Lipinski definition) is 3. The highest BCUT2D eigenvalue weighted by atomic mass is 35.5. The number of amides is 1. The number of carbonyl (C=O) groups is 1. The van der Waals surface area contributed by atoms with Gasteiger partial charge in [-0.1, -0.05) is 25.4 Å². The van der Waals surface area contributed by atoms with Gasteiger partial charge in [0, 0.05) is 24.3 Å². The molecule has 1 fully saturated rings. The summed E-state index contributed by atoms with van der Waals surface area (Å²) in [6.07, 6.45) is 1.16. The van der Waals surface area contributed by atoms with Gasteiger partial charge in [-0.25, -0.2) is 0 Å². The third kappa shape index (κ3) is 3.37. The molecule has 2 aromatic rings. The first-order valence-corrected chi connectivity index (χ1v) is 8.26. The molecule has 0 saturated carbocycles. The lowest BCUT2D eigenvalue weighted by molar-refractivity contribution is 0.0592. The van der Waals surface area contributed by atoms with Crippen LogP contribution in [0, 0.1) is 11.8 Å². The summed E-state index contributed by atoms with van der Waals surface area (Å²) < 4.78 is 5.76. The summed E-state index contributed by atoms with van der Waals surface area (Å²) in [7, 11) is 0. The van der Waals surface area contributed by atoms with Crippen LogP contribution in [0.2, 0.25) is 5.02 Å². The van der Waals surface area contributed by atoms with Crippen LogP contribution in [-0.2, 0) is 0 Å². The smallest absolute Gasteiger partial charge is 0.289 e. The van der Waals surface area contributed by atoms with Gasteiger partial charge in [0.25, 0.3) is 5.91 Å². The summed E-state index contributed by atoms with van der Waals surface area (Å²) in [5.41, 5.74) is 7.11. The molecule has 4 nitrogen and oxygen atoms in total. The van der Waals surface area contributed by atoms with Crippen molar-refractivity contribution < 1.29 is 9.21 Å². The molecule has 2 N–H and O–H groups in total. The minimum absolute atomic E-state index is 0.0605. The molecule has 0 radical (unpaired) electrons. The number of likely N-dealkylation sites (tertiary alicyclic amines) is 1. The van der Waals surface area contributed by atoms with E-state index in [0.29, 0.717) is 39.6 Å². The molecule has 1 aliphatic heterocycles. The number of piperidine rings is 1. The van der Waals surface area contributed by atoms with Gasteiger partial charge in [-0.2, -0.15) is 0 Å². The van der Waals surface area contributed by atoms with Gasteiger partial charge in [-0.05, 0) is 48.6 Å². The fourth-order valence-corrected chi connectivity index (χ4v) is 3.52. The number of nitrogens with two attached hydrogens (primary N) is 1. The largest absolute Gasteiger partial charge is 0.451 e. The number of anilines is 1. The van der Waals surface area contributed by atoms with Crippen molar-refractivity contribution in [3.05, 3.63) is 41.1 Å². The first-order chi connectivity index (χ1) is 10.9. The third-order valence-electron chi connectivity index (χ3n) is 4.23. The average Bonchev–Trinajstić information content (AvgIpc) is 2.97. The SMILES string of the molecule is C[C@@H]1C[C@@H](C)CN(C(=O)c2ccc(-c3cc(N)ccc3Cl)o2)C1. The molecule has 0 bridgehead atoms. The maximum absolute atomic E-state index is 12.7. The summed E-state index contributed by atoms with van der Waals surface area (Å²) in [4.78, 5) is 14.5. The molecule has 5 heteroatoms. The van der Waals surface area contributed by atoms with Crippen molar-refractivity contribution in [2.45, 2.75) is 20.3 Å². The average molecular weight is 333 g/mol. The Morgan fingerprint density at radius 3 is 2.61 bits per heavy atom. The molecule has 23 heavy (non-hydrogen) atoms. The van der Waals surface area contributed by atoms with Crippen LogP contribution in [-0.4, -0.2) is 23.9 Å². The molecule has 2 heterocycles. The molecule has 2 atom stereocenters. The van der Waals surface area contributed by atoms with Crippen LogP contribution >= 0.6 is 11.6 Å². The Morgan fingerprint density at radius 2 is 1.91 bits per heavy atom. The molecule has 0 unspecified atom stereocenters. The zero-order valence-corrected chi connectivity index (χ0v) is 14.1. The standard InChI is InChI=1S/C18H21ClN2O2/c1-11-7-12(2)10-21(9-11)18(22)17-6-5-16(23-17)14-8-13(20)3-4-15(14)19/h3-6,8,11-12H,7,9-10,20H2,1-2H3/t11-,12-/m1/s1. The van der Waals surface area contributed by atoms with E-state index in [2.05, 4.69) is 13.8 Å². The van der Waals surface area contributed by atoms with Crippen molar-refractivity contribution in [2.24, 2.45) is 11.8 Å². The zero-order valence-electron chi connectivity index (χ0n) is 13.4. The second-order valence-corrected chi connectivity index (χ2v) is 6.97. The highest BCUT2D eigenvalue weighted by Gasteiger charge is 2.28. The van der Waals surface area contributed by atoms with Crippen LogP contribution in [0.4, 0.5) is 5.69 Å². The summed E-state index contributed by atoms with van der Waals surface area (Å²) in [5.74, 6) is 1.87. The maximum Gasteiger partial charge on any atom is 0.289 e. The number of rotatable bonds is 2. The monoisotopic (exact) mass is 332 g/mol. The van der Waals surface area contributed by atoms with E-state index in [9.17, 15) is 4.79 Å². The van der Waals surface area contributed by atoms with Crippen LogP contribution in [0.25, 0.3) is 11.3 Å². The summed E-state index contributed by atoms with van der Waals surface area (Å²) >= 11 is 6.20. The molecule has 1 aromatic heterocycles. The molecular weight excluding hydrogens is 312 g/mol. The highest BCUT2D eigenvalue weighted by molar-refractivity contribution is 6.33. The van der Waals surface area contributed by atoms with Crippen molar-refractivity contribution >= 4 is 23.2 Å². The van der Waals surface area contributed by atoms with Crippen LogP contribution in [0.1, 0.15) is 30.8 Å². The van der Waals surface area contributed by atoms with E-state index in [1.54, 1.807) is 30.3 Å². The van der Waals surface area contributed by atoms with Crippen LogP contribution in [0.5, 0.6) is 0 Å². The molecule has 1 aliphatic rings. The minimum atomic E-state index is -0.0605. The Labute approximate surface area is 141 Å². The van der Waals surface area contributed by atoms with E-state index in [1.807, 2.05) is 4.90 Å². The Bertz CT molecular complexity index is 716. The Balaban J connectivity index is 1.84.